The van der Waals surface area contributed by atoms with Gasteiger partial charge in [-0.25, -0.2) is 4.79 Å². The van der Waals surface area contributed by atoms with Crippen LogP contribution >= 0.6 is 0 Å². The van der Waals surface area contributed by atoms with Crippen molar-refractivity contribution >= 4 is 17.9 Å². The number of hydrogen-bond donors (Lipinski definition) is 0. The summed E-state index contributed by atoms with van der Waals surface area (Å²) >= 11 is 0. The predicted molar refractivity (Wildman–Crippen MR) is 105 cm³/mol. The predicted octanol–water partition coefficient (Wildman–Crippen LogP) is 3.44. The van der Waals surface area contributed by atoms with Crippen molar-refractivity contribution in [1.82, 2.24) is 0 Å². The Hall–Kier alpha value is -2.67. The molecule has 0 spiro atoms. The van der Waals surface area contributed by atoms with E-state index in [4.69, 9.17) is 18.9 Å². The number of epoxide rings is 1. The van der Waals surface area contributed by atoms with Gasteiger partial charge in [0.15, 0.2) is 5.60 Å². The van der Waals surface area contributed by atoms with Crippen LogP contribution in [0.2, 0.25) is 0 Å². The molecule has 0 N–H and O–H groups in total. The third kappa shape index (κ3) is 6.42. The minimum atomic E-state index is -0.835. The van der Waals surface area contributed by atoms with Gasteiger partial charge >= 0.3 is 17.9 Å². The zero-order valence-corrected chi connectivity index (χ0v) is 17.6. The summed E-state index contributed by atoms with van der Waals surface area (Å²) in [6, 6.07) is 5.17. The maximum atomic E-state index is 12.3. The number of esters is 3. The number of carbonyl (C=O) groups is 3. The van der Waals surface area contributed by atoms with Gasteiger partial charge in [-0.3, -0.25) is 9.59 Å². The number of allylic oxidation sites excluding steroid dienone is 1. The van der Waals surface area contributed by atoms with Gasteiger partial charge in [0.25, 0.3) is 0 Å². The summed E-state index contributed by atoms with van der Waals surface area (Å²) in [5.74, 6) is -0.705. The van der Waals surface area contributed by atoms with E-state index in [2.05, 4.69) is 0 Å². The maximum absolute atomic E-state index is 12.3. The van der Waals surface area contributed by atoms with Crippen LogP contribution in [-0.2, 0) is 40.8 Å². The highest BCUT2D eigenvalue weighted by Crippen LogP contribution is 2.44. The summed E-state index contributed by atoms with van der Waals surface area (Å²) in [6.45, 7) is 9.03. The average molecular weight is 404 g/mol. The van der Waals surface area contributed by atoms with Gasteiger partial charge in [0.1, 0.15) is 19.0 Å². The zero-order valence-electron chi connectivity index (χ0n) is 17.6. The molecule has 0 radical (unpaired) electrons. The first-order chi connectivity index (χ1) is 13.7. The van der Waals surface area contributed by atoms with E-state index in [9.17, 15) is 14.4 Å². The molecule has 0 amide bonds. The fourth-order valence-corrected chi connectivity index (χ4v) is 2.59. The van der Waals surface area contributed by atoms with E-state index in [1.807, 2.05) is 13.8 Å². The highest BCUT2D eigenvalue weighted by Gasteiger charge is 2.50. The van der Waals surface area contributed by atoms with Crippen LogP contribution in [0.25, 0.3) is 0 Å². The van der Waals surface area contributed by atoms with Crippen LogP contribution in [0.5, 0.6) is 5.75 Å². The van der Waals surface area contributed by atoms with E-state index < -0.39 is 17.5 Å². The van der Waals surface area contributed by atoms with Gasteiger partial charge in [0, 0.05) is 24.5 Å². The van der Waals surface area contributed by atoms with Gasteiger partial charge in [0.2, 0.25) is 0 Å². The molecule has 1 aromatic carbocycles. The summed E-state index contributed by atoms with van der Waals surface area (Å²) in [5.41, 5.74) is 0.900. The molecule has 1 saturated heterocycles. The molecule has 7 heteroatoms. The fraction of sp³-hybridized carbons (Fsp3) is 0.500. The van der Waals surface area contributed by atoms with Crippen LogP contribution in [0.1, 0.15) is 52.2 Å². The smallest absolute Gasteiger partial charge is 0.338 e. The Bertz CT molecular complexity index is 803. The molecule has 1 fully saturated rings. The standard InChI is InChI=1S/C22H28O7/c1-6-15(4)21(25)29-19-10-17(11-26-20(24)9-14(2)3)7-8-18(19)22(13-28-22)12-27-16(5)23/h6-8,10,14H,9,11-13H2,1-5H3/b15-6-/t22-/m0/s1. The second-order valence-corrected chi connectivity index (χ2v) is 7.51. The average Bonchev–Trinajstić information content (AvgIpc) is 3.44. The van der Waals surface area contributed by atoms with E-state index in [1.165, 1.54) is 6.92 Å². The molecule has 0 aliphatic carbocycles. The summed E-state index contributed by atoms with van der Waals surface area (Å²) in [4.78, 5) is 35.3. The van der Waals surface area contributed by atoms with Crippen molar-refractivity contribution in [3.8, 4) is 5.75 Å². The molecule has 1 aliphatic heterocycles. The third-order valence-electron chi connectivity index (χ3n) is 4.47. The van der Waals surface area contributed by atoms with Gasteiger partial charge in [-0.15, -0.1) is 0 Å². The van der Waals surface area contributed by atoms with Crippen LogP contribution in [0, 0.1) is 5.92 Å². The van der Waals surface area contributed by atoms with Crippen molar-refractivity contribution in [1.29, 1.82) is 0 Å². The zero-order chi connectivity index (χ0) is 21.6. The van der Waals surface area contributed by atoms with E-state index in [1.54, 1.807) is 38.1 Å². The maximum Gasteiger partial charge on any atom is 0.338 e. The van der Waals surface area contributed by atoms with Crippen LogP contribution < -0.4 is 4.74 Å². The Morgan fingerprint density at radius 1 is 1.21 bits per heavy atom. The van der Waals surface area contributed by atoms with E-state index in [0.717, 1.165) is 0 Å². The molecule has 1 aromatic rings. The summed E-state index contributed by atoms with van der Waals surface area (Å²) < 4.78 is 21.5. The number of rotatable bonds is 9. The Labute approximate surface area is 171 Å². The topological polar surface area (TPSA) is 91.4 Å². The molecular weight excluding hydrogens is 376 g/mol. The SMILES string of the molecule is C/C=C(/C)C(=O)Oc1cc(COC(=O)CC(C)C)ccc1[C@]1(COC(C)=O)CO1. The van der Waals surface area contributed by atoms with Crippen molar-refractivity contribution < 1.29 is 33.3 Å². The number of hydrogen-bond acceptors (Lipinski definition) is 7. The van der Waals surface area contributed by atoms with Crippen LogP contribution in [0.3, 0.4) is 0 Å². The van der Waals surface area contributed by atoms with Crippen LogP contribution in [-0.4, -0.2) is 31.1 Å². The lowest BCUT2D eigenvalue weighted by Gasteiger charge is -2.18. The Balaban J connectivity index is 2.25. The molecule has 0 unspecified atom stereocenters. The molecule has 0 saturated carbocycles. The van der Waals surface area contributed by atoms with Gasteiger partial charge in [0.05, 0.1) is 6.61 Å². The van der Waals surface area contributed by atoms with Crippen molar-refractivity contribution in [2.45, 2.75) is 53.2 Å². The fourth-order valence-electron chi connectivity index (χ4n) is 2.59. The van der Waals surface area contributed by atoms with E-state index >= 15 is 0 Å². The molecule has 7 nitrogen and oxygen atoms in total. The molecule has 1 aliphatic rings. The van der Waals surface area contributed by atoms with Crippen LogP contribution in [0.4, 0.5) is 0 Å². The normalized spacial score (nSPS) is 18.3. The first-order valence-corrected chi connectivity index (χ1v) is 9.58. The van der Waals surface area contributed by atoms with Gasteiger partial charge in [-0.05, 0) is 31.4 Å². The lowest BCUT2D eigenvalue weighted by Crippen LogP contribution is -2.21. The molecule has 1 heterocycles. The second-order valence-electron chi connectivity index (χ2n) is 7.51. The molecule has 0 bridgehead atoms. The van der Waals surface area contributed by atoms with Crippen molar-refractivity contribution in [2.75, 3.05) is 13.2 Å². The minimum absolute atomic E-state index is 0.0260. The monoisotopic (exact) mass is 404 g/mol. The molecule has 2 rings (SSSR count). The largest absolute Gasteiger partial charge is 0.462 e. The molecule has 1 atom stereocenters. The van der Waals surface area contributed by atoms with E-state index in [-0.39, 0.29) is 25.1 Å². The summed E-state index contributed by atoms with van der Waals surface area (Å²) in [7, 11) is 0. The third-order valence-corrected chi connectivity index (χ3v) is 4.47. The molecule has 158 valence electrons. The number of ether oxygens (including phenoxy) is 4. The highest BCUT2D eigenvalue weighted by molar-refractivity contribution is 5.89. The summed E-state index contributed by atoms with van der Waals surface area (Å²) in [6.07, 6.45) is 1.99. The Morgan fingerprint density at radius 3 is 2.45 bits per heavy atom. The van der Waals surface area contributed by atoms with Gasteiger partial charge in [-0.1, -0.05) is 32.1 Å². The molecular formula is C22H28O7. The first-order valence-electron chi connectivity index (χ1n) is 9.58. The lowest BCUT2D eigenvalue weighted by molar-refractivity contribution is -0.146. The number of benzene rings is 1. The van der Waals surface area contributed by atoms with Crippen molar-refractivity contribution in [3.63, 3.8) is 0 Å². The van der Waals surface area contributed by atoms with Crippen molar-refractivity contribution in [2.24, 2.45) is 5.92 Å². The number of carbonyl (C=O) groups excluding carboxylic acids is 3. The first kappa shape index (κ1) is 22.6. The molecule has 29 heavy (non-hydrogen) atoms. The van der Waals surface area contributed by atoms with Crippen molar-refractivity contribution in [3.05, 3.63) is 41.0 Å². The van der Waals surface area contributed by atoms with Gasteiger partial charge < -0.3 is 18.9 Å². The summed E-state index contributed by atoms with van der Waals surface area (Å²) in [5, 5.41) is 0. The Morgan fingerprint density at radius 2 is 1.90 bits per heavy atom. The van der Waals surface area contributed by atoms with Gasteiger partial charge in [-0.2, -0.15) is 0 Å². The van der Waals surface area contributed by atoms with E-state index in [0.29, 0.717) is 35.5 Å². The second kappa shape index (κ2) is 9.69. The quantitative estimate of drug-likeness (QED) is 0.269. The van der Waals surface area contributed by atoms with Crippen LogP contribution in [0.15, 0.2) is 29.8 Å². The minimum Gasteiger partial charge on any atom is -0.462 e. The molecule has 0 aromatic heterocycles. The highest BCUT2D eigenvalue weighted by atomic mass is 16.6. The Kier molecular flexibility index (Phi) is 7.56. The lowest BCUT2D eigenvalue weighted by atomic mass is 9.98.